The Kier molecular flexibility index (Phi) is 8.71. The van der Waals surface area contributed by atoms with E-state index < -0.39 is 23.7 Å². The SMILES string of the molecule is CCOc1ccc(/C(O)=C2/C(=O)C(=O)N(c3ccc(C(=O)OCC(C)C)cc3)C2c2cccs2)c(OCC)c1. The van der Waals surface area contributed by atoms with Crippen LogP contribution in [0.1, 0.15) is 54.5 Å². The van der Waals surface area contributed by atoms with Gasteiger partial charge in [-0.1, -0.05) is 19.9 Å². The molecule has 0 spiro atoms. The number of carbonyl (C=O) groups excluding carboxylic acids is 3. The molecule has 4 rings (SSSR count). The molecule has 1 aromatic heterocycles. The van der Waals surface area contributed by atoms with E-state index in [1.807, 2.05) is 39.1 Å². The maximum Gasteiger partial charge on any atom is 0.338 e. The second kappa shape index (κ2) is 12.2. The number of aliphatic hydroxyl groups excluding tert-OH is 1. The number of ketones is 1. The van der Waals surface area contributed by atoms with Gasteiger partial charge >= 0.3 is 5.97 Å². The zero-order valence-electron chi connectivity index (χ0n) is 22.3. The van der Waals surface area contributed by atoms with Gasteiger partial charge in [0, 0.05) is 16.6 Å². The van der Waals surface area contributed by atoms with Crippen molar-refractivity contribution >= 4 is 40.4 Å². The van der Waals surface area contributed by atoms with Crippen molar-refractivity contribution in [2.45, 2.75) is 33.7 Å². The minimum atomic E-state index is -0.871. The number of ether oxygens (including phenoxy) is 3. The minimum Gasteiger partial charge on any atom is -0.507 e. The predicted molar refractivity (Wildman–Crippen MR) is 149 cm³/mol. The summed E-state index contributed by atoms with van der Waals surface area (Å²) >= 11 is 1.36. The highest BCUT2D eigenvalue weighted by molar-refractivity contribution is 7.10. The van der Waals surface area contributed by atoms with E-state index in [0.29, 0.717) is 47.4 Å². The molecule has 0 aliphatic carbocycles. The Balaban J connectivity index is 1.78. The van der Waals surface area contributed by atoms with Gasteiger partial charge in [-0.05, 0) is 67.6 Å². The van der Waals surface area contributed by atoms with Crippen LogP contribution in [0.2, 0.25) is 0 Å². The third kappa shape index (κ3) is 5.83. The largest absolute Gasteiger partial charge is 0.507 e. The van der Waals surface area contributed by atoms with E-state index in [1.165, 1.54) is 16.2 Å². The number of hydrogen-bond acceptors (Lipinski definition) is 8. The monoisotopic (exact) mass is 549 g/mol. The molecule has 1 aliphatic rings. The molecule has 9 heteroatoms. The molecule has 8 nitrogen and oxygen atoms in total. The Bertz CT molecular complexity index is 1380. The lowest BCUT2D eigenvalue weighted by Gasteiger charge is -2.24. The highest BCUT2D eigenvalue weighted by Crippen LogP contribution is 2.45. The summed E-state index contributed by atoms with van der Waals surface area (Å²) in [5, 5.41) is 13.3. The normalized spacial score (nSPS) is 16.5. The fraction of sp³-hybridized carbons (Fsp3) is 0.300. The summed E-state index contributed by atoms with van der Waals surface area (Å²) in [6, 6.07) is 14.0. The molecule has 1 aliphatic heterocycles. The number of esters is 1. The fourth-order valence-corrected chi connectivity index (χ4v) is 5.10. The maximum absolute atomic E-state index is 13.4. The summed E-state index contributed by atoms with van der Waals surface area (Å²) < 4.78 is 16.6. The fourth-order valence-electron chi connectivity index (χ4n) is 4.27. The highest BCUT2D eigenvalue weighted by atomic mass is 32.1. The van der Waals surface area contributed by atoms with Gasteiger partial charge in [0.05, 0.1) is 36.5 Å². The number of rotatable bonds is 10. The lowest BCUT2D eigenvalue weighted by molar-refractivity contribution is -0.132. The summed E-state index contributed by atoms with van der Waals surface area (Å²) in [4.78, 5) is 41.2. The van der Waals surface area contributed by atoms with Crippen LogP contribution in [0.3, 0.4) is 0 Å². The van der Waals surface area contributed by atoms with Crippen LogP contribution in [0.25, 0.3) is 5.76 Å². The Morgan fingerprint density at radius 2 is 1.74 bits per heavy atom. The molecule has 3 aromatic rings. The van der Waals surface area contributed by atoms with Crippen LogP contribution in [0.5, 0.6) is 11.5 Å². The molecule has 1 amide bonds. The van der Waals surface area contributed by atoms with E-state index in [-0.39, 0.29) is 22.8 Å². The molecule has 39 heavy (non-hydrogen) atoms. The topological polar surface area (TPSA) is 102 Å². The smallest absolute Gasteiger partial charge is 0.338 e. The van der Waals surface area contributed by atoms with E-state index in [0.717, 1.165) is 0 Å². The van der Waals surface area contributed by atoms with Gasteiger partial charge in [-0.2, -0.15) is 0 Å². The Hall–Kier alpha value is -4.11. The van der Waals surface area contributed by atoms with Crippen molar-refractivity contribution in [3.8, 4) is 11.5 Å². The third-order valence-electron chi connectivity index (χ3n) is 6.01. The summed E-state index contributed by atoms with van der Waals surface area (Å²) in [5.74, 6) is -1.32. The number of nitrogens with zero attached hydrogens (tertiary/aromatic N) is 1. The molecule has 204 valence electrons. The van der Waals surface area contributed by atoms with Gasteiger partial charge in [-0.15, -0.1) is 11.3 Å². The number of hydrogen-bond donors (Lipinski definition) is 1. The summed E-state index contributed by atoms with van der Waals surface area (Å²) in [6.07, 6.45) is 0. The Labute approximate surface area is 231 Å². The second-order valence-corrected chi connectivity index (χ2v) is 10.2. The van der Waals surface area contributed by atoms with Crippen LogP contribution >= 0.6 is 11.3 Å². The number of carbonyl (C=O) groups is 3. The van der Waals surface area contributed by atoms with Gasteiger partial charge in [0.2, 0.25) is 0 Å². The molecule has 1 unspecified atom stereocenters. The van der Waals surface area contributed by atoms with E-state index in [4.69, 9.17) is 14.2 Å². The van der Waals surface area contributed by atoms with Crippen LogP contribution in [0.15, 0.2) is 65.6 Å². The number of anilines is 1. The highest BCUT2D eigenvalue weighted by Gasteiger charge is 2.47. The quantitative estimate of drug-likeness (QED) is 0.144. The number of thiophene rings is 1. The first kappa shape index (κ1) is 27.9. The lowest BCUT2D eigenvalue weighted by atomic mass is 9.99. The summed E-state index contributed by atoms with van der Waals surface area (Å²) in [7, 11) is 0. The van der Waals surface area contributed by atoms with Crippen LogP contribution in [0, 0.1) is 5.92 Å². The van der Waals surface area contributed by atoms with Crippen LogP contribution in [-0.2, 0) is 14.3 Å². The van der Waals surface area contributed by atoms with E-state index in [2.05, 4.69) is 0 Å². The van der Waals surface area contributed by atoms with Crippen molar-refractivity contribution in [1.82, 2.24) is 0 Å². The Morgan fingerprint density at radius 3 is 2.36 bits per heavy atom. The van der Waals surface area contributed by atoms with Crippen molar-refractivity contribution in [3.05, 3.63) is 81.6 Å². The molecule has 1 fully saturated rings. The van der Waals surface area contributed by atoms with Gasteiger partial charge in [0.15, 0.2) is 0 Å². The summed E-state index contributed by atoms with van der Waals surface area (Å²) in [6.45, 7) is 8.63. The Morgan fingerprint density at radius 1 is 1.03 bits per heavy atom. The molecule has 0 radical (unpaired) electrons. The second-order valence-electron chi connectivity index (χ2n) is 9.25. The molecule has 1 saturated heterocycles. The first-order valence-electron chi connectivity index (χ1n) is 12.8. The van der Waals surface area contributed by atoms with Crippen molar-refractivity contribution in [2.75, 3.05) is 24.7 Å². The zero-order valence-corrected chi connectivity index (χ0v) is 23.1. The van der Waals surface area contributed by atoms with E-state index in [1.54, 1.807) is 48.5 Å². The molecule has 1 N–H and O–H groups in total. The van der Waals surface area contributed by atoms with Crippen LogP contribution in [-0.4, -0.2) is 42.6 Å². The molecule has 0 saturated carbocycles. The van der Waals surface area contributed by atoms with Gasteiger partial charge in [-0.3, -0.25) is 14.5 Å². The van der Waals surface area contributed by atoms with Crippen molar-refractivity contribution < 1.29 is 33.7 Å². The maximum atomic E-state index is 13.4. The average molecular weight is 550 g/mol. The molecule has 0 bridgehead atoms. The molecule has 1 atom stereocenters. The van der Waals surface area contributed by atoms with Crippen LogP contribution < -0.4 is 14.4 Å². The van der Waals surface area contributed by atoms with Crippen molar-refractivity contribution in [3.63, 3.8) is 0 Å². The molecular formula is C30H31NO7S. The lowest BCUT2D eigenvalue weighted by Crippen LogP contribution is -2.29. The van der Waals surface area contributed by atoms with Gasteiger partial charge in [-0.25, -0.2) is 4.79 Å². The van der Waals surface area contributed by atoms with Crippen LogP contribution in [0.4, 0.5) is 5.69 Å². The first-order chi connectivity index (χ1) is 18.8. The van der Waals surface area contributed by atoms with Gasteiger partial charge in [0.25, 0.3) is 11.7 Å². The third-order valence-corrected chi connectivity index (χ3v) is 6.93. The first-order valence-corrected chi connectivity index (χ1v) is 13.7. The van der Waals surface area contributed by atoms with Gasteiger partial charge in [0.1, 0.15) is 23.3 Å². The molecular weight excluding hydrogens is 518 g/mol. The van der Waals surface area contributed by atoms with Crippen molar-refractivity contribution in [2.24, 2.45) is 5.92 Å². The molecule has 2 aromatic carbocycles. The van der Waals surface area contributed by atoms with Crippen molar-refractivity contribution in [1.29, 1.82) is 0 Å². The summed E-state index contributed by atoms with van der Waals surface area (Å²) in [5.41, 5.74) is 0.974. The minimum absolute atomic E-state index is 0.0482. The zero-order chi connectivity index (χ0) is 28.1. The standard InChI is InChI=1S/C30H31NO7S/c1-5-36-21-13-14-22(23(16-21)37-6-2)27(32)25-26(24-8-7-15-39-24)31(29(34)28(25)33)20-11-9-19(10-12-20)30(35)38-17-18(3)4/h7-16,18,26,32H,5-6,17H2,1-4H3/b27-25-. The number of aliphatic hydroxyl groups is 1. The molecule has 2 heterocycles. The van der Waals surface area contributed by atoms with E-state index >= 15 is 0 Å². The number of Topliss-reactive ketones (excluding diaryl/α,β-unsaturated/α-hetero) is 1. The number of benzene rings is 2. The average Bonchev–Trinajstić information content (AvgIpc) is 3.54. The predicted octanol–water partition coefficient (Wildman–Crippen LogP) is 5.98. The number of amides is 1. The van der Waals surface area contributed by atoms with E-state index in [9.17, 15) is 19.5 Å². The van der Waals surface area contributed by atoms with Gasteiger partial charge < -0.3 is 19.3 Å².